The molecule has 0 saturated heterocycles. The zero-order valence-electron chi connectivity index (χ0n) is 15.2. The Morgan fingerprint density at radius 1 is 0.760 bits per heavy atom. The highest BCUT2D eigenvalue weighted by molar-refractivity contribution is 7.90. The average molecular weight is 388 g/mol. The van der Waals surface area contributed by atoms with Crippen molar-refractivity contribution in [2.45, 2.75) is 102 Å². The summed E-state index contributed by atoms with van der Waals surface area (Å²) in [4.78, 5) is 11.2. The number of rotatable bonds is 15. The van der Waals surface area contributed by atoms with Crippen molar-refractivity contribution >= 4 is 15.9 Å². The van der Waals surface area contributed by atoms with Crippen LogP contribution in [0.3, 0.4) is 0 Å². The highest BCUT2D eigenvalue weighted by atomic mass is 32.2. The Hall–Kier alpha value is -0.790. The summed E-state index contributed by atoms with van der Waals surface area (Å²) in [6.07, 6.45) is 14.2. The fourth-order valence-corrected chi connectivity index (χ4v) is 3.08. The molecule has 0 radical (unpaired) electrons. The van der Waals surface area contributed by atoms with Crippen LogP contribution in [0, 0.1) is 0 Å². The zero-order chi connectivity index (χ0) is 19.2. The van der Waals surface area contributed by atoms with Gasteiger partial charge in [-0.25, -0.2) is 4.72 Å². The fraction of sp³-hybridized carbons (Fsp3) is 0.941. The summed E-state index contributed by atoms with van der Waals surface area (Å²) in [6.45, 7) is 2.21. The Labute approximate surface area is 150 Å². The third kappa shape index (κ3) is 13.1. The van der Waals surface area contributed by atoms with Crippen molar-refractivity contribution in [2.24, 2.45) is 0 Å². The largest absolute Gasteiger partial charge is 0.516 e. The summed E-state index contributed by atoms with van der Waals surface area (Å²) < 4.78 is 58.8. The topological polar surface area (TPSA) is 63.2 Å². The minimum absolute atomic E-state index is 0.201. The van der Waals surface area contributed by atoms with E-state index >= 15 is 0 Å². The molecule has 1 amide bonds. The molecule has 0 rings (SSSR count). The van der Waals surface area contributed by atoms with Gasteiger partial charge in [-0.3, -0.25) is 4.79 Å². The molecule has 0 aliphatic carbocycles. The number of carbonyl (C=O) groups excluding carboxylic acids is 1. The monoisotopic (exact) mass is 387 g/mol. The second-order valence-corrected chi connectivity index (χ2v) is 8.14. The van der Waals surface area contributed by atoms with Crippen LogP contribution in [0.25, 0.3) is 0 Å². The Morgan fingerprint density at radius 2 is 1.12 bits per heavy atom. The van der Waals surface area contributed by atoms with Crippen LogP contribution in [-0.4, -0.2) is 19.8 Å². The zero-order valence-corrected chi connectivity index (χ0v) is 16.0. The number of nitrogens with one attached hydrogen (secondary N) is 1. The maximum absolute atomic E-state index is 12.1. The van der Waals surface area contributed by atoms with Crippen LogP contribution in [0.1, 0.15) is 96.8 Å². The van der Waals surface area contributed by atoms with Crippen molar-refractivity contribution in [1.29, 1.82) is 0 Å². The number of sulfonamides is 1. The summed E-state index contributed by atoms with van der Waals surface area (Å²) in [5, 5.41) is 0. The summed E-state index contributed by atoms with van der Waals surface area (Å²) in [5.74, 6) is -1.10. The van der Waals surface area contributed by atoms with E-state index in [1.807, 2.05) is 0 Å². The van der Waals surface area contributed by atoms with Gasteiger partial charge in [0.15, 0.2) is 0 Å². The molecule has 8 heteroatoms. The molecule has 1 N–H and O–H groups in total. The lowest BCUT2D eigenvalue weighted by atomic mass is 10.0. The van der Waals surface area contributed by atoms with E-state index in [1.54, 1.807) is 0 Å². The molecule has 0 aromatic carbocycles. The third-order valence-corrected chi connectivity index (χ3v) is 5.17. The minimum atomic E-state index is -5.56. The minimum Gasteiger partial charge on any atom is -0.274 e. The Morgan fingerprint density at radius 3 is 1.48 bits per heavy atom. The van der Waals surface area contributed by atoms with Crippen LogP contribution in [0.2, 0.25) is 0 Å². The van der Waals surface area contributed by atoms with Gasteiger partial charge in [-0.05, 0) is 6.42 Å². The Kier molecular flexibility index (Phi) is 13.0. The van der Waals surface area contributed by atoms with Gasteiger partial charge >= 0.3 is 15.5 Å². The first-order valence-electron chi connectivity index (χ1n) is 9.32. The van der Waals surface area contributed by atoms with Crippen LogP contribution >= 0.6 is 0 Å². The van der Waals surface area contributed by atoms with Crippen LogP contribution in [0.5, 0.6) is 0 Å². The molecular weight excluding hydrogens is 355 g/mol. The predicted octanol–water partition coefficient (Wildman–Crippen LogP) is 5.43. The molecule has 0 aliphatic heterocycles. The first kappa shape index (κ1) is 24.2. The number of unbranched alkanes of at least 4 members (excludes halogenated alkanes) is 12. The predicted molar refractivity (Wildman–Crippen MR) is 93.4 cm³/mol. The fourth-order valence-electron chi connectivity index (χ4n) is 2.56. The second kappa shape index (κ2) is 13.4. The quantitative estimate of drug-likeness (QED) is 0.381. The second-order valence-electron chi connectivity index (χ2n) is 6.47. The lowest BCUT2D eigenvalue weighted by molar-refractivity contribution is -0.120. The highest BCUT2D eigenvalue weighted by Gasteiger charge is 2.46. The third-order valence-electron chi connectivity index (χ3n) is 4.06. The van der Waals surface area contributed by atoms with E-state index < -0.39 is 21.4 Å². The van der Waals surface area contributed by atoms with Gasteiger partial charge in [0.1, 0.15) is 0 Å². The van der Waals surface area contributed by atoms with Gasteiger partial charge in [-0.2, -0.15) is 21.6 Å². The first-order chi connectivity index (χ1) is 11.7. The summed E-state index contributed by atoms with van der Waals surface area (Å²) in [6, 6.07) is 0. The van der Waals surface area contributed by atoms with E-state index in [-0.39, 0.29) is 6.42 Å². The van der Waals surface area contributed by atoms with Gasteiger partial charge in [0.05, 0.1) is 0 Å². The van der Waals surface area contributed by atoms with Crippen molar-refractivity contribution in [3.63, 3.8) is 0 Å². The number of amides is 1. The Balaban J connectivity index is 3.46. The van der Waals surface area contributed by atoms with Gasteiger partial charge in [-0.15, -0.1) is 0 Å². The molecule has 25 heavy (non-hydrogen) atoms. The molecular formula is C17H32F3NO3S. The van der Waals surface area contributed by atoms with Crippen LogP contribution in [0.4, 0.5) is 13.2 Å². The van der Waals surface area contributed by atoms with Crippen molar-refractivity contribution < 1.29 is 26.4 Å². The smallest absolute Gasteiger partial charge is 0.274 e. The van der Waals surface area contributed by atoms with Gasteiger partial charge in [0, 0.05) is 6.42 Å². The van der Waals surface area contributed by atoms with Gasteiger partial charge < -0.3 is 0 Å². The lowest BCUT2D eigenvalue weighted by Crippen LogP contribution is -2.40. The van der Waals surface area contributed by atoms with E-state index in [4.69, 9.17) is 0 Å². The van der Waals surface area contributed by atoms with Crippen molar-refractivity contribution in [2.75, 3.05) is 0 Å². The number of hydrogen-bond acceptors (Lipinski definition) is 3. The van der Waals surface area contributed by atoms with Crippen molar-refractivity contribution in [3.8, 4) is 0 Å². The maximum atomic E-state index is 12.1. The molecule has 4 nitrogen and oxygen atoms in total. The first-order valence-corrected chi connectivity index (χ1v) is 10.8. The SMILES string of the molecule is CCCCCCCCCCCCCCCC(=O)NS(=O)(=O)C(F)(F)F. The highest BCUT2D eigenvalue weighted by Crippen LogP contribution is 2.21. The number of alkyl halides is 3. The van der Waals surface area contributed by atoms with E-state index in [2.05, 4.69) is 6.92 Å². The van der Waals surface area contributed by atoms with Crippen LogP contribution in [0.15, 0.2) is 0 Å². The lowest BCUT2D eigenvalue weighted by Gasteiger charge is -2.09. The summed E-state index contributed by atoms with van der Waals surface area (Å²) in [7, 11) is -5.56. The molecule has 0 saturated carbocycles. The summed E-state index contributed by atoms with van der Waals surface area (Å²) >= 11 is 0. The molecule has 0 aromatic heterocycles. The van der Waals surface area contributed by atoms with Gasteiger partial charge in [0.2, 0.25) is 5.91 Å². The summed E-state index contributed by atoms with van der Waals surface area (Å²) in [5.41, 5.74) is -5.45. The van der Waals surface area contributed by atoms with Gasteiger partial charge in [0.25, 0.3) is 0 Å². The molecule has 150 valence electrons. The number of hydrogen-bond donors (Lipinski definition) is 1. The molecule has 0 aliphatic rings. The Bertz CT molecular complexity index is 451. The molecule has 0 spiro atoms. The number of halogens is 3. The van der Waals surface area contributed by atoms with E-state index in [1.165, 1.54) is 51.4 Å². The van der Waals surface area contributed by atoms with E-state index in [0.29, 0.717) is 6.42 Å². The van der Waals surface area contributed by atoms with Crippen LogP contribution in [-0.2, 0) is 14.8 Å². The van der Waals surface area contributed by atoms with Gasteiger partial charge in [-0.1, -0.05) is 84.0 Å². The maximum Gasteiger partial charge on any atom is 0.516 e. The number of carbonyl (C=O) groups is 1. The van der Waals surface area contributed by atoms with Crippen molar-refractivity contribution in [1.82, 2.24) is 4.72 Å². The van der Waals surface area contributed by atoms with Crippen LogP contribution < -0.4 is 4.72 Å². The molecule has 0 unspecified atom stereocenters. The molecule has 0 atom stereocenters. The van der Waals surface area contributed by atoms with Crippen molar-refractivity contribution in [3.05, 3.63) is 0 Å². The normalized spacial score (nSPS) is 12.3. The van der Waals surface area contributed by atoms with E-state index in [0.717, 1.165) is 30.4 Å². The standard InChI is InChI=1S/C17H32F3NO3S/c1-2-3-4-5-6-7-8-9-10-11-12-13-14-15-16(22)21-25(23,24)17(18,19)20/h2-15H2,1H3,(H,21,22). The molecule has 0 fully saturated rings. The average Bonchev–Trinajstić information content (AvgIpc) is 2.50. The molecule has 0 bridgehead atoms. The molecule has 0 heterocycles. The van der Waals surface area contributed by atoms with E-state index in [9.17, 15) is 26.4 Å². The molecule has 0 aromatic rings.